The molecule has 0 atom stereocenters. The molecule has 4 heteroatoms. The highest BCUT2D eigenvalue weighted by molar-refractivity contribution is 7.17. The monoisotopic (exact) mass is 273 g/mol. The van der Waals surface area contributed by atoms with Crippen LogP contribution in [0.25, 0.3) is 10.6 Å². The van der Waals surface area contributed by atoms with Gasteiger partial charge in [-0.15, -0.1) is 11.3 Å². The highest BCUT2D eigenvalue weighted by Crippen LogP contribution is 2.44. The molecule has 1 heterocycles. The SMILES string of the molecule is Cc1ccc(-c2nc(C3CC3)c(C(=O)O)s2)c(C)c1. The molecule has 0 amide bonds. The summed E-state index contributed by atoms with van der Waals surface area (Å²) in [5.41, 5.74) is 4.18. The first-order valence-electron chi connectivity index (χ1n) is 6.38. The predicted octanol–water partition coefficient (Wildman–Crippen LogP) is 4.00. The molecule has 1 N–H and O–H groups in total. The van der Waals surface area contributed by atoms with Crippen LogP contribution in [0.4, 0.5) is 0 Å². The second-order valence-corrected chi connectivity index (χ2v) is 6.13. The van der Waals surface area contributed by atoms with E-state index in [-0.39, 0.29) is 0 Å². The van der Waals surface area contributed by atoms with Crippen LogP contribution in [0.5, 0.6) is 0 Å². The van der Waals surface area contributed by atoms with E-state index in [1.54, 1.807) is 0 Å². The Bertz CT molecular complexity index is 656. The molecule has 0 saturated heterocycles. The van der Waals surface area contributed by atoms with Crippen molar-refractivity contribution in [2.24, 2.45) is 0 Å². The van der Waals surface area contributed by atoms with E-state index >= 15 is 0 Å². The van der Waals surface area contributed by atoms with Gasteiger partial charge in [0.25, 0.3) is 0 Å². The number of carboxylic acid groups (broad SMARTS) is 1. The second-order valence-electron chi connectivity index (χ2n) is 5.13. The first kappa shape index (κ1) is 12.4. The molecular weight excluding hydrogens is 258 g/mol. The molecule has 1 aliphatic carbocycles. The minimum absolute atomic E-state index is 0.363. The fourth-order valence-corrected chi connectivity index (χ4v) is 3.37. The van der Waals surface area contributed by atoms with Gasteiger partial charge in [-0.05, 0) is 32.3 Å². The second kappa shape index (κ2) is 4.46. The third-order valence-electron chi connectivity index (χ3n) is 3.42. The quantitative estimate of drug-likeness (QED) is 0.919. The molecule has 19 heavy (non-hydrogen) atoms. The van der Waals surface area contributed by atoms with Crippen molar-refractivity contribution >= 4 is 17.3 Å². The van der Waals surface area contributed by atoms with Crippen LogP contribution in [-0.2, 0) is 0 Å². The van der Waals surface area contributed by atoms with Gasteiger partial charge in [0.05, 0.1) is 5.69 Å². The summed E-state index contributed by atoms with van der Waals surface area (Å²) in [7, 11) is 0. The minimum atomic E-state index is -0.851. The molecule has 1 fully saturated rings. The first-order chi connectivity index (χ1) is 9.06. The number of carboxylic acids is 1. The summed E-state index contributed by atoms with van der Waals surface area (Å²) in [6, 6.07) is 6.18. The lowest BCUT2D eigenvalue weighted by molar-refractivity contribution is 0.0700. The van der Waals surface area contributed by atoms with Crippen molar-refractivity contribution < 1.29 is 9.90 Å². The van der Waals surface area contributed by atoms with Gasteiger partial charge in [0.2, 0.25) is 0 Å². The molecule has 0 unspecified atom stereocenters. The lowest BCUT2D eigenvalue weighted by Gasteiger charge is -2.02. The molecule has 1 aromatic carbocycles. The molecule has 1 aliphatic rings. The van der Waals surface area contributed by atoms with Crippen molar-refractivity contribution in [1.29, 1.82) is 0 Å². The van der Waals surface area contributed by atoms with Crippen LogP contribution in [0.1, 0.15) is 45.3 Å². The Balaban J connectivity index is 2.10. The van der Waals surface area contributed by atoms with E-state index in [9.17, 15) is 9.90 Å². The Morgan fingerprint density at radius 2 is 2.11 bits per heavy atom. The van der Waals surface area contributed by atoms with Gasteiger partial charge in [0, 0.05) is 11.5 Å². The Labute approximate surface area is 115 Å². The Morgan fingerprint density at radius 1 is 1.37 bits per heavy atom. The largest absolute Gasteiger partial charge is 0.477 e. The molecule has 0 radical (unpaired) electrons. The zero-order valence-corrected chi connectivity index (χ0v) is 11.8. The lowest BCUT2D eigenvalue weighted by Crippen LogP contribution is -1.97. The third-order valence-corrected chi connectivity index (χ3v) is 4.52. The summed E-state index contributed by atoms with van der Waals surface area (Å²) in [6.45, 7) is 4.10. The van der Waals surface area contributed by atoms with Crippen molar-refractivity contribution in [3.63, 3.8) is 0 Å². The molecule has 1 aromatic heterocycles. The summed E-state index contributed by atoms with van der Waals surface area (Å²) in [5, 5.41) is 10.1. The number of aromatic nitrogens is 1. The van der Waals surface area contributed by atoms with E-state index in [0.717, 1.165) is 34.7 Å². The number of hydrogen-bond donors (Lipinski definition) is 1. The number of nitrogens with zero attached hydrogens (tertiary/aromatic N) is 1. The van der Waals surface area contributed by atoms with Crippen LogP contribution in [-0.4, -0.2) is 16.1 Å². The topological polar surface area (TPSA) is 50.2 Å². The Kier molecular flexibility index (Phi) is 2.90. The smallest absolute Gasteiger partial charge is 0.347 e. The van der Waals surface area contributed by atoms with Crippen molar-refractivity contribution in [1.82, 2.24) is 4.98 Å². The summed E-state index contributed by atoms with van der Waals surface area (Å²) in [5.74, 6) is -0.489. The summed E-state index contributed by atoms with van der Waals surface area (Å²) in [4.78, 5) is 16.3. The number of aryl methyl sites for hydroxylation is 2. The Morgan fingerprint density at radius 3 is 2.68 bits per heavy atom. The van der Waals surface area contributed by atoms with Gasteiger partial charge < -0.3 is 5.11 Å². The zero-order chi connectivity index (χ0) is 13.6. The van der Waals surface area contributed by atoms with Gasteiger partial charge in [0.15, 0.2) is 0 Å². The van der Waals surface area contributed by atoms with Gasteiger partial charge in [-0.3, -0.25) is 0 Å². The predicted molar refractivity (Wildman–Crippen MR) is 76.0 cm³/mol. The molecular formula is C15H15NO2S. The minimum Gasteiger partial charge on any atom is -0.477 e. The fraction of sp³-hybridized carbons (Fsp3) is 0.333. The number of benzene rings is 1. The summed E-state index contributed by atoms with van der Waals surface area (Å²) in [6.07, 6.45) is 2.13. The van der Waals surface area contributed by atoms with Crippen molar-refractivity contribution in [2.45, 2.75) is 32.6 Å². The molecule has 0 aliphatic heterocycles. The van der Waals surface area contributed by atoms with E-state index in [4.69, 9.17) is 0 Å². The zero-order valence-electron chi connectivity index (χ0n) is 10.9. The van der Waals surface area contributed by atoms with E-state index < -0.39 is 5.97 Å². The normalized spacial score (nSPS) is 14.6. The van der Waals surface area contributed by atoms with E-state index in [0.29, 0.717) is 10.8 Å². The number of rotatable bonds is 3. The van der Waals surface area contributed by atoms with Crippen LogP contribution < -0.4 is 0 Å². The Hall–Kier alpha value is -1.68. The van der Waals surface area contributed by atoms with Gasteiger partial charge in [-0.25, -0.2) is 9.78 Å². The lowest BCUT2D eigenvalue weighted by atomic mass is 10.1. The molecule has 3 rings (SSSR count). The van der Waals surface area contributed by atoms with Crippen LogP contribution in [0, 0.1) is 13.8 Å². The van der Waals surface area contributed by atoms with E-state index in [2.05, 4.69) is 18.0 Å². The molecule has 1 saturated carbocycles. The maximum absolute atomic E-state index is 11.3. The van der Waals surface area contributed by atoms with Crippen LogP contribution >= 0.6 is 11.3 Å². The highest BCUT2D eigenvalue weighted by Gasteiger charge is 2.32. The number of hydrogen-bond acceptors (Lipinski definition) is 3. The number of carbonyl (C=O) groups is 1. The molecule has 0 spiro atoms. The van der Waals surface area contributed by atoms with E-state index in [1.165, 1.54) is 16.9 Å². The van der Waals surface area contributed by atoms with Crippen LogP contribution in [0.15, 0.2) is 18.2 Å². The summed E-state index contributed by atoms with van der Waals surface area (Å²) < 4.78 is 0. The van der Waals surface area contributed by atoms with Crippen LogP contribution in [0.2, 0.25) is 0 Å². The van der Waals surface area contributed by atoms with Gasteiger partial charge in [-0.1, -0.05) is 23.8 Å². The molecule has 3 nitrogen and oxygen atoms in total. The molecule has 0 bridgehead atoms. The van der Waals surface area contributed by atoms with Gasteiger partial charge in [-0.2, -0.15) is 0 Å². The van der Waals surface area contributed by atoms with Crippen molar-refractivity contribution in [3.05, 3.63) is 39.9 Å². The standard InChI is InChI=1S/C15H15NO2S/c1-8-3-6-11(9(2)7-8)14-16-12(10-4-5-10)13(19-14)15(17)18/h3,6-7,10H,4-5H2,1-2H3,(H,17,18). The molecule has 98 valence electrons. The van der Waals surface area contributed by atoms with Gasteiger partial charge in [0.1, 0.15) is 9.88 Å². The maximum Gasteiger partial charge on any atom is 0.347 e. The fourth-order valence-electron chi connectivity index (χ4n) is 2.29. The van der Waals surface area contributed by atoms with Crippen molar-refractivity contribution in [2.75, 3.05) is 0 Å². The van der Waals surface area contributed by atoms with Gasteiger partial charge >= 0.3 is 5.97 Å². The number of thiazole rings is 1. The number of aromatic carboxylic acids is 1. The summed E-state index contributed by atoms with van der Waals surface area (Å²) >= 11 is 1.30. The van der Waals surface area contributed by atoms with Crippen molar-refractivity contribution in [3.8, 4) is 10.6 Å². The maximum atomic E-state index is 11.3. The first-order valence-corrected chi connectivity index (χ1v) is 7.19. The third kappa shape index (κ3) is 2.28. The van der Waals surface area contributed by atoms with Crippen LogP contribution in [0.3, 0.4) is 0 Å². The average Bonchev–Trinajstić information content (AvgIpc) is 3.09. The molecule has 2 aromatic rings. The average molecular weight is 273 g/mol. The van der Waals surface area contributed by atoms with E-state index in [1.807, 2.05) is 19.1 Å². The highest BCUT2D eigenvalue weighted by atomic mass is 32.1.